The second-order valence-corrected chi connectivity index (χ2v) is 3.90. The number of carbonyl (C=O) groups is 1. The quantitative estimate of drug-likeness (QED) is 0.711. The Labute approximate surface area is 86.8 Å². The minimum atomic E-state index is -0.341. The van der Waals surface area contributed by atoms with Crippen molar-refractivity contribution in [1.82, 2.24) is 9.88 Å². The lowest BCUT2D eigenvalue weighted by Gasteiger charge is -2.01. The number of rotatable bonds is 3. The first kappa shape index (κ1) is 10.7. The Balaban J connectivity index is 2.73. The zero-order valence-electron chi connectivity index (χ0n) is 8.35. The van der Waals surface area contributed by atoms with Gasteiger partial charge in [0.2, 0.25) is 0 Å². The summed E-state index contributed by atoms with van der Waals surface area (Å²) < 4.78 is 4.57. The zero-order valence-corrected chi connectivity index (χ0v) is 9.17. The topological polar surface area (TPSA) is 42.4 Å². The first-order chi connectivity index (χ1) is 6.63. The van der Waals surface area contributed by atoms with E-state index in [1.54, 1.807) is 0 Å². The molecule has 0 amide bonds. The molecule has 5 heteroatoms. The molecule has 0 aromatic carbocycles. The van der Waals surface area contributed by atoms with E-state index in [4.69, 9.17) is 0 Å². The molecule has 4 nitrogen and oxygen atoms in total. The van der Waals surface area contributed by atoms with Gasteiger partial charge in [0, 0.05) is 20.3 Å². The lowest BCUT2D eigenvalue weighted by Crippen LogP contribution is -1.99. The van der Waals surface area contributed by atoms with Gasteiger partial charge in [-0.3, -0.25) is 0 Å². The third-order valence-electron chi connectivity index (χ3n) is 1.43. The fourth-order valence-electron chi connectivity index (χ4n) is 0.772. The minimum Gasteiger partial charge on any atom is -0.465 e. The van der Waals surface area contributed by atoms with Crippen LogP contribution in [0.2, 0.25) is 0 Å². The van der Waals surface area contributed by atoms with Crippen molar-refractivity contribution in [2.75, 3.05) is 21.2 Å². The number of methoxy groups -OCH3 is 1. The smallest absolute Gasteiger partial charge is 0.349 e. The SMILES string of the molecule is COC(=O)c1cnc(/C=C/N(C)C)s1. The molecule has 0 unspecified atom stereocenters. The molecule has 0 aliphatic carbocycles. The molecular weight excluding hydrogens is 200 g/mol. The Morgan fingerprint density at radius 1 is 1.64 bits per heavy atom. The highest BCUT2D eigenvalue weighted by molar-refractivity contribution is 7.14. The molecule has 0 aliphatic heterocycles. The van der Waals surface area contributed by atoms with Crippen molar-refractivity contribution in [3.8, 4) is 0 Å². The zero-order chi connectivity index (χ0) is 10.6. The molecule has 76 valence electrons. The van der Waals surface area contributed by atoms with E-state index >= 15 is 0 Å². The summed E-state index contributed by atoms with van der Waals surface area (Å²) in [6.07, 6.45) is 5.24. The molecule has 0 saturated carbocycles. The van der Waals surface area contributed by atoms with E-state index in [0.717, 1.165) is 5.01 Å². The molecule has 1 aromatic rings. The van der Waals surface area contributed by atoms with Gasteiger partial charge in [-0.2, -0.15) is 0 Å². The van der Waals surface area contributed by atoms with Gasteiger partial charge in [-0.1, -0.05) is 0 Å². The third kappa shape index (κ3) is 2.85. The second-order valence-electron chi connectivity index (χ2n) is 2.83. The van der Waals surface area contributed by atoms with Crippen molar-refractivity contribution in [3.63, 3.8) is 0 Å². The van der Waals surface area contributed by atoms with Crippen LogP contribution < -0.4 is 0 Å². The standard InChI is InChI=1S/C9H12N2O2S/c1-11(2)5-4-8-10-6-7(14-8)9(12)13-3/h4-6H,1-3H3/b5-4+. The van der Waals surface area contributed by atoms with E-state index in [1.165, 1.54) is 24.6 Å². The number of nitrogens with zero attached hydrogens (tertiary/aromatic N) is 2. The van der Waals surface area contributed by atoms with Gasteiger partial charge >= 0.3 is 5.97 Å². The van der Waals surface area contributed by atoms with E-state index in [1.807, 2.05) is 31.3 Å². The Hall–Kier alpha value is -1.36. The molecule has 0 N–H and O–H groups in total. The van der Waals surface area contributed by atoms with Gasteiger partial charge in [0.25, 0.3) is 0 Å². The van der Waals surface area contributed by atoms with Gasteiger partial charge in [0.05, 0.1) is 13.3 Å². The van der Waals surface area contributed by atoms with Crippen LogP contribution in [0.1, 0.15) is 14.7 Å². The monoisotopic (exact) mass is 212 g/mol. The summed E-state index contributed by atoms with van der Waals surface area (Å²) >= 11 is 1.31. The molecule has 0 fully saturated rings. The molecule has 0 spiro atoms. The third-order valence-corrected chi connectivity index (χ3v) is 2.37. The van der Waals surface area contributed by atoms with E-state index < -0.39 is 0 Å². The molecule has 0 atom stereocenters. The van der Waals surface area contributed by atoms with Crippen molar-refractivity contribution in [1.29, 1.82) is 0 Å². The molecule has 0 aliphatic rings. The Bertz CT molecular complexity index is 344. The molecule has 1 aromatic heterocycles. The molecule has 0 bridgehead atoms. The Morgan fingerprint density at radius 3 is 2.93 bits per heavy atom. The van der Waals surface area contributed by atoms with Crippen LogP contribution in [-0.2, 0) is 4.74 Å². The first-order valence-corrected chi connectivity index (χ1v) is 4.84. The van der Waals surface area contributed by atoms with E-state index in [9.17, 15) is 4.79 Å². The van der Waals surface area contributed by atoms with Crippen LogP contribution in [0.4, 0.5) is 0 Å². The highest BCUT2D eigenvalue weighted by atomic mass is 32.1. The fourth-order valence-corrected chi connectivity index (χ4v) is 1.50. The van der Waals surface area contributed by atoms with Gasteiger partial charge in [-0.25, -0.2) is 9.78 Å². The van der Waals surface area contributed by atoms with Crippen LogP contribution in [0.15, 0.2) is 12.4 Å². The van der Waals surface area contributed by atoms with Gasteiger partial charge < -0.3 is 9.64 Å². The summed E-state index contributed by atoms with van der Waals surface area (Å²) in [5, 5.41) is 0.791. The van der Waals surface area contributed by atoms with Gasteiger partial charge in [-0.15, -0.1) is 11.3 Å². The summed E-state index contributed by atoms with van der Waals surface area (Å²) in [7, 11) is 5.20. The Morgan fingerprint density at radius 2 is 2.36 bits per heavy atom. The maximum atomic E-state index is 11.1. The van der Waals surface area contributed by atoms with E-state index in [2.05, 4.69) is 9.72 Å². The van der Waals surface area contributed by atoms with Crippen molar-refractivity contribution in [2.45, 2.75) is 0 Å². The minimum absolute atomic E-state index is 0.341. The molecular formula is C9H12N2O2S. The summed E-state index contributed by atoms with van der Waals surface area (Å²) in [6, 6.07) is 0. The van der Waals surface area contributed by atoms with Crippen molar-refractivity contribution in [3.05, 3.63) is 22.3 Å². The van der Waals surface area contributed by atoms with Gasteiger partial charge in [0.15, 0.2) is 0 Å². The number of esters is 1. The fraction of sp³-hybridized carbons (Fsp3) is 0.333. The average molecular weight is 212 g/mol. The Kier molecular flexibility index (Phi) is 3.64. The van der Waals surface area contributed by atoms with Crippen LogP contribution in [0.3, 0.4) is 0 Å². The van der Waals surface area contributed by atoms with E-state index in [-0.39, 0.29) is 5.97 Å². The van der Waals surface area contributed by atoms with Crippen LogP contribution in [-0.4, -0.2) is 37.1 Å². The van der Waals surface area contributed by atoms with Crippen LogP contribution in [0.5, 0.6) is 0 Å². The van der Waals surface area contributed by atoms with Crippen molar-refractivity contribution < 1.29 is 9.53 Å². The summed E-state index contributed by atoms with van der Waals surface area (Å²) in [4.78, 5) is 17.6. The maximum Gasteiger partial charge on any atom is 0.349 e. The first-order valence-electron chi connectivity index (χ1n) is 4.02. The van der Waals surface area contributed by atoms with Crippen molar-refractivity contribution in [2.24, 2.45) is 0 Å². The number of thiazole rings is 1. The van der Waals surface area contributed by atoms with Crippen LogP contribution in [0.25, 0.3) is 6.08 Å². The number of ether oxygens (including phenoxy) is 1. The lowest BCUT2D eigenvalue weighted by atomic mass is 10.5. The molecule has 1 heterocycles. The highest BCUT2D eigenvalue weighted by Crippen LogP contribution is 2.15. The predicted molar refractivity (Wildman–Crippen MR) is 56.2 cm³/mol. The van der Waals surface area contributed by atoms with Crippen LogP contribution in [0, 0.1) is 0 Å². The second kappa shape index (κ2) is 4.76. The molecule has 14 heavy (non-hydrogen) atoms. The van der Waals surface area contributed by atoms with Crippen molar-refractivity contribution >= 4 is 23.4 Å². The predicted octanol–water partition coefficient (Wildman–Crippen LogP) is 1.46. The van der Waals surface area contributed by atoms with E-state index in [0.29, 0.717) is 4.88 Å². The molecule has 0 radical (unpaired) electrons. The number of carbonyl (C=O) groups excluding carboxylic acids is 1. The number of hydrogen-bond donors (Lipinski definition) is 0. The highest BCUT2D eigenvalue weighted by Gasteiger charge is 2.08. The summed E-state index contributed by atoms with van der Waals surface area (Å²) in [5.41, 5.74) is 0. The molecule has 0 saturated heterocycles. The van der Waals surface area contributed by atoms with Gasteiger partial charge in [0.1, 0.15) is 9.88 Å². The maximum absolute atomic E-state index is 11.1. The normalized spacial score (nSPS) is 10.5. The summed E-state index contributed by atoms with van der Waals surface area (Å²) in [6.45, 7) is 0. The summed E-state index contributed by atoms with van der Waals surface area (Å²) in [5.74, 6) is -0.341. The number of hydrogen-bond acceptors (Lipinski definition) is 5. The molecule has 1 rings (SSSR count). The lowest BCUT2D eigenvalue weighted by molar-refractivity contribution is 0.0606. The number of aromatic nitrogens is 1. The average Bonchev–Trinajstić information content (AvgIpc) is 2.62. The van der Waals surface area contributed by atoms with Gasteiger partial charge in [-0.05, 0) is 6.08 Å². The largest absolute Gasteiger partial charge is 0.465 e. The van der Waals surface area contributed by atoms with Crippen LogP contribution >= 0.6 is 11.3 Å².